The van der Waals surface area contributed by atoms with Crippen molar-refractivity contribution < 1.29 is 4.79 Å². The highest BCUT2D eigenvalue weighted by molar-refractivity contribution is 5.49. The third kappa shape index (κ3) is 22.6. The maximum absolute atomic E-state index is 9.62. The molecule has 12 heavy (non-hydrogen) atoms. The summed E-state index contributed by atoms with van der Waals surface area (Å²) in [6.07, 6.45) is 3.78. The van der Waals surface area contributed by atoms with Gasteiger partial charge >= 0.3 is 0 Å². The number of rotatable bonds is 5. The summed E-state index contributed by atoms with van der Waals surface area (Å²) in [6, 6.07) is 0. The van der Waals surface area contributed by atoms with Crippen LogP contribution in [0.15, 0.2) is 0 Å². The Labute approximate surface area is 75.5 Å². The fraction of sp³-hybridized carbons (Fsp3) is 0.889. The van der Waals surface area contributed by atoms with E-state index in [0.717, 1.165) is 32.2 Å². The van der Waals surface area contributed by atoms with Gasteiger partial charge in [0.25, 0.3) is 0 Å². The van der Waals surface area contributed by atoms with Crippen LogP contribution in [0.5, 0.6) is 0 Å². The summed E-state index contributed by atoms with van der Waals surface area (Å²) in [5, 5.41) is 0. The van der Waals surface area contributed by atoms with Crippen molar-refractivity contribution in [1.82, 2.24) is 0 Å². The van der Waals surface area contributed by atoms with Crippen molar-refractivity contribution >= 4 is 6.29 Å². The lowest BCUT2D eigenvalue weighted by molar-refractivity contribution is -0.108. The second kappa shape index (κ2) is 13.2. The summed E-state index contributed by atoms with van der Waals surface area (Å²) >= 11 is 0. The minimum Gasteiger partial charge on any atom is -0.330 e. The van der Waals surface area contributed by atoms with Crippen LogP contribution >= 0.6 is 0 Å². The number of aldehydes is 1. The van der Waals surface area contributed by atoms with E-state index in [2.05, 4.69) is 0 Å². The van der Waals surface area contributed by atoms with Crippen molar-refractivity contribution in [3.63, 3.8) is 0 Å². The topological polar surface area (TPSA) is 69.1 Å². The van der Waals surface area contributed by atoms with Gasteiger partial charge in [0, 0.05) is 6.42 Å². The van der Waals surface area contributed by atoms with Gasteiger partial charge in [0.15, 0.2) is 0 Å². The standard InChI is InChI=1S/C5H10O.C4H12N2/c1-5(2)3-4-6;5-3-1-2-4-6/h4-5H,3H2,1-2H3;1-6H2. The molecule has 0 saturated carbocycles. The van der Waals surface area contributed by atoms with Crippen molar-refractivity contribution in [2.24, 2.45) is 17.4 Å². The summed E-state index contributed by atoms with van der Waals surface area (Å²) in [4.78, 5) is 9.62. The molecule has 0 spiro atoms. The van der Waals surface area contributed by atoms with Gasteiger partial charge in [0.2, 0.25) is 0 Å². The molecule has 0 amide bonds. The fourth-order valence-corrected chi connectivity index (χ4v) is 0.481. The van der Waals surface area contributed by atoms with Gasteiger partial charge in [-0.3, -0.25) is 0 Å². The van der Waals surface area contributed by atoms with E-state index in [9.17, 15) is 4.79 Å². The van der Waals surface area contributed by atoms with E-state index in [4.69, 9.17) is 11.5 Å². The molecule has 0 saturated heterocycles. The lowest BCUT2D eigenvalue weighted by atomic mass is 10.2. The molecule has 0 unspecified atom stereocenters. The smallest absolute Gasteiger partial charge is 0.120 e. The monoisotopic (exact) mass is 174 g/mol. The first-order valence-corrected chi connectivity index (χ1v) is 4.52. The van der Waals surface area contributed by atoms with Gasteiger partial charge in [-0.2, -0.15) is 0 Å². The fourth-order valence-electron chi connectivity index (χ4n) is 0.481. The molecule has 0 aliphatic rings. The van der Waals surface area contributed by atoms with Gasteiger partial charge < -0.3 is 16.3 Å². The van der Waals surface area contributed by atoms with E-state index in [1.165, 1.54) is 0 Å². The molecule has 0 rings (SSSR count). The second-order valence-electron chi connectivity index (χ2n) is 3.08. The number of carbonyl (C=O) groups is 1. The molecule has 0 aromatic heterocycles. The van der Waals surface area contributed by atoms with Crippen LogP contribution < -0.4 is 11.5 Å². The average Bonchev–Trinajstić information content (AvgIpc) is 2.02. The molecule has 0 radical (unpaired) electrons. The average molecular weight is 174 g/mol. The maximum atomic E-state index is 9.62. The molecule has 0 aliphatic carbocycles. The first kappa shape index (κ1) is 14.1. The third-order valence-electron chi connectivity index (χ3n) is 1.23. The third-order valence-corrected chi connectivity index (χ3v) is 1.23. The Morgan fingerprint density at radius 1 is 1.17 bits per heavy atom. The molecule has 4 N–H and O–H groups in total. The van der Waals surface area contributed by atoms with Crippen molar-refractivity contribution in [2.45, 2.75) is 33.1 Å². The van der Waals surface area contributed by atoms with E-state index in [-0.39, 0.29) is 0 Å². The van der Waals surface area contributed by atoms with Crippen LogP contribution in [0.3, 0.4) is 0 Å². The molecule has 0 fully saturated rings. The lowest BCUT2D eigenvalue weighted by Crippen LogP contribution is -2.03. The Kier molecular flexibility index (Phi) is 15.5. The highest BCUT2D eigenvalue weighted by Crippen LogP contribution is 1.92. The predicted octanol–water partition coefficient (Wildman–Crippen LogP) is 0.915. The van der Waals surface area contributed by atoms with Crippen LogP contribution in [-0.4, -0.2) is 19.4 Å². The summed E-state index contributed by atoms with van der Waals surface area (Å²) in [7, 11) is 0. The molecule has 74 valence electrons. The van der Waals surface area contributed by atoms with Crippen molar-refractivity contribution in [3.05, 3.63) is 0 Å². The SMILES string of the molecule is CC(C)CC=O.NCCCCN. The van der Waals surface area contributed by atoms with Crippen molar-refractivity contribution in [1.29, 1.82) is 0 Å². The number of nitrogens with two attached hydrogens (primary N) is 2. The minimum atomic E-state index is 0.530. The van der Waals surface area contributed by atoms with E-state index in [1.54, 1.807) is 0 Å². The maximum Gasteiger partial charge on any atom is 0.120 e. The number of hydrogen-bond donors (Lipinski definition) is 2. The summed E-state index contributed by atoms with van der Waals surface area (Å²) in [5.41, 5.74) is 10.3. The summed E-state index contributed by atoms with van der Waals surface area (Å²) < 4.78 is 0. The Bertz CT molecular complexity index is 80.6. The molecule has 0 aromatic carbocycles. The Morgan fingerprint density at radius 3 is 1.67 bits per heavy atom. The highest BCUT2D eigenvalue weighted by Gasteiger charge is 1.85. The quantitative estimate of drug-likeness (QED) is 0.481. The molecule has 3 heteroatoms. The summed E-state index contributed by atoms with van der Waals surface area (Å²) in [5.74, 6) is 0.530. The van der Waals surface area contributed by atoms with E-state index in [1.807, 2.05) is 13.8 Å². The molecule has 0 aliphatic heterocycles. The number of unbranched alkanes of at least 4 members (excludes halogenated alkanes) is 1. The Morgan fingerprint density at radius 2 is 1.58 bits per heavy atom. The zero-order chi connectivity index (χ0) is 9.82. The van der Waals surface area contributed by atoms with Gasteiger partial charge in [-0.15, -0.1) is 0 Å². The molecule has 0 bridgehead atoms. The Hall–Kier alpha value is -0.410. The molecular formula is C9H22N2O. The first-order valence-electron chi connectivity index (χ1n) is 4.52. The normalized spacial score (nSPS) is 9.08. The van der Waals surface area contributed by atoms with Crippen LogP contribution in [0.1, 0.15) is 33.1 Å². The van der Waals surface area contributed by atoms with Crippen LogP contribution in [-0.2, 0) is 4.79 Å². The van der Waals surface area contributed by atoms with E-state index in [0.29, 0.717) is 12.3 Å². The molecule has 0 aromatic rings. The zero-order valence-corrected chi connectivity index (χ0v) is 8.25. The van der Waals surface area contributed by atoms with Gasteiger partial charge in [-0.25, -0.2) is 0 Å². The lowest BCUT2D eigenvalue weighted by Gasteiger charge is -1.89. The van der Waals surface area contributed by atoms with Crippen molar-refractivity contribution in [3.8, 4) is 0 Å². The summed E-state index contributed by atoms with van der Waals surface area (Å²) in [6.45, 7) is 5.59. The number of hydrogen-bond acceptors (Lipinski definition) is 3. The van der Waals surface area contributed by atoms with Gasteiger partial charge in [-0.05, 0) is 31.8 Å². The molecule has 0 heterocycles. The second-order valence-corrected chi connectivity index (χ2v) is 3.08. The molecule has 3 nitrogen and oxygen atoms in total. The van der Waals surface area contributed by atoms with Gasteiger partial charge in [0.05, 0.1) is 0 Å². The van der Waals surface area contributed by atoms with Gasteiger partial charge in [-0.1, -0.05) is 13.8 Å². The van der Waals surface area contributed by atoms with Crippen LogP contribution in [0.2, 0.25) is 0 Å². The zero-order valence-electron chi connectivity index (χ0n) is 8.25. The van der Waals surface area contributed by atoms with E-state index >= 15 is 0 Å². The highest BCUT2D eigenvalue weighted by atomic mass is 16.1. The van der Waals surface area contributed by atoms with Crippen LogP contribution in [0, 0.1) is 5.92 Å². The Balaban J connectivity index is 0. The van der Waals surface area contributed by atoms with Crippen molar-refractivity contribution in [2.75, 3.05) is 13.1 Å². The van der Waals surface area contributed by atoms with Gasteiger partial charge in [0.1, 0.15) is 6.29 Å². The van der Waals surface area contributed by atoms with E-state index < -0.39 is 0 Å². The minimum absolute atomic E-state index is 0.530. The van der Waals surface area contributed by atoms with Crippen LogP contribution in [0.4, 0.5) is 0 Å². The molecule has 0 atom stereocenters. The van der Waals surface area contributed by atoms with Crippen LogP contribution in [0.25, 0.3) is 0 Å². The largest absolute Gasteiger partial charge is 0.330 e. The number of carbonyl (C=O) groups excluding carboxylic acids is 1. The molecular weight excluding hydrogens is 152 g/mol. The first-order chi connectivity index (χ1) is 5.68. The predicted molar refractivity (Wildman–Crippen MR) is 52.9 cm³/mol.